The van der Waals surface area contributed by atoms with Crippen LogP contribution in [0.5, 0.6) is 5.75 Å². The molecule has 3 aromatic rings. The molecule has 0 atom stereocenters. The van der Waals surface area contributed by atoms with Gasteiger partial charge >= 0.3 is 5.97 Å². The molecular weight excluding hydrogens is 334 g/mol. The number of ketones is 1. The minimum Gasteiger partial charge on any atom is -0.497 e. The average molecular weight is 351 g/mol. The lowest BCUT2D eigenvalue weighted by Gasteiger charge is -2.03. The number of aromatic nitrogens is 1. The second kappa shape index (κ2) is 7.65. The van der Waals surface area contributed by atoms with Gasteiger partial charge in [-0.1, -0.05) is 30.3 Å². The highest BCUT2D eigenvalue weighted by Crippen LogP contribution is 2.28. The van der Waals surface area contributed by atoms with Crippen LogP contribution < -0.4 is 4.74 Å². The first-order valence-corrected chi connectivity index (χ1v) is 8.06. The van der Waals surface area contributed by atoms with Crippen molar-refractivity contribution in [1.29, 1.82) is 0 Å². The van der Waals surface area contributed by atoms with Crippen molar-refractivity contribution in [2.24, 2.45) is 0 Å². The normalized spacial score (nSPS) is 10.4. The Morgan fingerprint density at radius 2 is 1.73 bits per heavy atom. The molecule has 1 aromatic heterocycles. The Morgan fingerprint density at radius 1 is 1.04 bits per heavy atom. The molecule has 26 heavy (non-hydrogen) atoms. The van der Waals surface area contributed by atoms with Crippen LogP contribution in [0.1, 0.15) is 33.7 Å². The quantitative estimate of drug-likeness (QED) is 0.497. The highest BCUT2D eigenvalue weighted by Gasteiger charge is 2.26. The first-order chi connectivity index (χ1) is 12.6. The predicted molar refractivity (Wildman–Crippen MR) is 94.3 cm³/mol. The number of esters is 1. The number of benzene rings is 2. The fourth-order valence-corrected chi connectivity index (χ4v) is 2.41. The molecular formula is C20H17NO5. The van der Waals surface area contributed by atoms with Crippen molar-refractivity contribution in [1.82, 2.24) is 4.98 Å². The summed E-state index contributed by atoms with van der Waals surface area (Å²) in [7, 11) is 1.56. The van der Waals surface area contributed by atoms with Crippen LogP contribution in [0.4, 0.5) is 0 Å². The summed E-state index contributed by atoms with van der Waals surface area (Å²) in [5, 5.41) is 0. The van der Waals surface area contributed by atoms with Crippen LogP contribution in [0.2, 0.25) is 0 Å². The van der Waals surface area contributed by atoms with Gasteiger partial charge in [0.2, 0.25) is 5.78 Å². The van der Waals surface area contributed by atoms with Gasteiger partial charge in [-0.3, -0.25) is 4.79 Å². The lowest BCUT2D eigenvalue weighted by molar-refractivity contribution is 0.0520. The van der Waals surface area contributed by atoms with E-state index in [2.05, 4.69) is 4.98 Å². The highest BCUT2D eigenvalue weighted by molar-refractivity contribution is 6.07. The molecule has 0 spiro atoms. The first-order valence-electron chi connectivity index (χ1n) is 8.06. The zero-order valence-electron chi connectivity index (χ0n) is 14.4. The molecule has 0 fully saturated rings. The van der Waals surface area contributed by atoms with E-state index in [1.165, 1.54) is 0 Å². The van der Waals surface area contributed by atoms with Gasteiger partial charge in [0.05, 0.1) is 13.7 Å². The molecule has 0 saturated heterocycles. The Hall–Kier alpha value is -3.41. The minimum absolute atomic E-state index is 0.0312. The number of oxazole rings is 1. The van der Waals surface area contributed by atoms with Crippen molar-refractivity contribution >= 4 is 11.8 Å². The Labute approximate surface area is 150 Å². The summed E-state index contributed by atoms with van der Waals surface area (Å²) in [5.74, 6) is -0.368. The standard InChI is InChI=1S/C20H17NO5/c1-3-25-20(23)16-18(14-9-11-15(24-2)12-10-14)26-19(21-16)17(22)13-7-5-4-6-8-13/h4-12H,3H2,1-2H3. The molecule has 0 unspecified atom stereocenters. The van der Waals surface area contributed by atoms with E-state index in [9.17, 15) is 9.59 Å². The largest absolute Gasteiger partial charge is 0.497 e. The maximum Gasteiger partial charge on any atom is 0.361 e. The van der Waals surface area contributed by atoms with Gasteiger partial charge in [0, 0.05) is 11.1 Å². The van der Waals surface area contributed by atoms with Gasteiger partial charge in [0.25, 0.3) is 5.89 Å². The molecule has 0 aliphatic rings. The topological polar surface area (TPSA) is 78.6 Å². The van der Waals surface area contributed by atoms with Gasteiger partial charge in [0.15, 0.2) is 11.5 Å². The summed E-state index contributed by atoms with van der Waals surface area (Å²) in [6.07, 6.45) is 0. The van der Waals surface area contributed by atoms with E-state index in [-0.39, 0.29) is 24.0 Å². The fraction of sp³-hybridized carbons (Fsp3) is 0.150. The van der Waals surface area contributed by atoms with Gasteiger partial charge in [-0.25, -0.2) is 4.79 Å². The van der Waals surface area contributed by atoms with Crippen molar-refractivity contribution in [2.75, 3.05) is 13.7 Å². The molecule has 0 amide bonds. The molecule has 1 heterocycles. The van der Waals surface area contributed by atoms with E-state index in [4.69, 9.17) is 13.9 Å². The number of nitrogens with zero attached hydrogens (tertiary/aromatic N) is 1. The lowest BCUT2D eigenvalue weighted by Crippen LogP contribution is -2.08. The van der Waals surface area contributed by atoms with Crippen LogP contribution in [0.25, 0.3) is 11.3 Å². The number of hydrogen-bond acceptors (Lipinski definition) is 6. The zero-order valence-corrected chi connectivity index (χ0v) is 14.4. The molecule has 2 aromatic carbocycles. The zero-order chi connectivity index (χ0) is 18.5. The monoisotopic (exact) mass is 351 g/mol. The Morgan fingerprint density at radius 3 is 2.35 bits per heavy atom. The Balaban J connectivity index is 2.05. The average Bonchev–Trinajstić information content (AvgIpc) is 3.14. The van der Waals surface area contributed by atoms with Crippen LogP contribution >= 0.6 is 0 Å². The summed E-state index contributed by atoms with van der Waals surface area (Å²) in [6, 6.07) is 15.5. The van der Waals surface area contributed by atoms with E-state index < -0.39 is 11.8 Å². The number of carbonyl (C=O) groups excluding carboxylic acids is 2. The second-order valence-electron chi connectivity index (χ2n) is 5.34. The van der Waals surface area contributed by atoms with Crippen molar-refractivity contribution in [2.45, 2.75) is 6.92 Å². The van der Waals surface area contributed by atoms with Gasteiger partial charge in [0.1, 0.15) is 5.75 Å². The molecule has 6 nitrogen and oxygen atoms in total. The van der Waals surface area contributed by atoms with Crippen molar-refractivity contribution < 1.29 is 23.5 Å². The van der Waals surface area contributed by atoms with Gasteiger partial charge in [-0.2, -0.15) is 4.98 Å². The molecule has 0 radical (unpaired) electrons. The first kappa shape index (κ1) is 17.4. The molecule has 132 valence electrons. The number of hydrogen-bond donors (Lipinski definition) is 0. The van der Waals surface area contributed by atoms with E-state index in [0.717, 1.165) is 0 Å². The summed E-state index contributed by atoms with van der Waals surface area (Å²) in [5.41, 5.74) is 0.982. The van der Waals surface area contributed by atoms with Gasteiger partial charge in [-0.05, 0) is 31.2 Å². The van der Waals surface area contributed by atoms with Gasteiger partial charge < -0.3 is 13.9 Å². The second-order valence-corrected chi connectivity index (χ2v) is 5.34. The molecule has 0 bridgehead atoms. The predicted octanol–water partition coefficient (Wildman–Crippen LogP) is 3.76. The molecule has 0 aliphatic heterocycles. The van der Waals surface area contributed by atoms with E-state index in [1.807, 2.05) is 0 Å². The number of methoxy groups -OCH3 is 1. The van der Waals surface area contributed by atoms with E-state index in [0.29, 0.717) is 16.9 Å². The number of carbonyl (C=O) groups is 2. The van der Waals surface area contributed by atoms with Crippen LogP contribution in [0, 0.1) is 0 Å². The highest BCUT2D eigenvalue weighted by atomic mass is 16.5. The van der Waals surface area contributed by atoms with Crippen LogP contribution in [0.3, 0.4) is 0 Å². The molecule has 3 rings (SSSR count). The summed E-state index contributed by atoms with van der Waals surface area (Å²) in [4.78, 5) is 29.0. The Bertz CT molecular complexity index is 913. The third-order valence-corrected chi connectivity index (χ3v) is 3.68. The maximum absolute atomic E-state index is 12.6. The number of rotatable bonds is 6. The molecule has 6 heteroatoms. The third kappa shape index (κ3) is 3.49. The lowest BCUT2D eigenvalue weighted by atomic mass is 10.1. The van der Waals surface area contributed by atoms with Gasteiger partial charge in [-0.15, -0.1) is 0 Å². The van der Waals surface area contributed by atoms with Crippen LogP contribution in [0.15, 0.2) is 59.0 Å². The smallest absolute Gasteiger partial charge is 0.361 e. The summed E-state index contributed by atoms with van der Waals surface area (Å²) < 4.78 is 15.8. The maximum atomic E-state index is 12.6. The van der Waals surface area contributed by atoms with Crippen LogP contribution in [-0.4, -0.2) is 30.5 Å². The van der Waals surface area contributed by atoms with Crippen molar-refractivity contribution in [3.8, 4) is 17.1 Å². The van der Waals surface area contributed by atoms with E-state index >= 15 is 0 Å². The summed E-state index contributed by atoms with van der Waals surface area (Å²) >= 11 is 0. The SMILES string of the molecule is CCOC(=O)c1nc(C(=O)c2ccccc2)oc1-c1ccc(OC)cc1. The third-order valence-electron chi connectivity index (χ3n) is 3.68. The van der Waals surface area contributed by atoms with Crippen LogP contribution in [-0.2, 0) is 4.74 Å². The molecule has 0 aliphatic carbocycles. The van der Waals surface area contributed by atoms with E-state index in [1.54, 1.807) is 68.6 Å². The fourth-order valence-electron chi connectivity index (χ4n) is 2.41. The molecule has 0 N–H and O–H groups in total. The Kier molecular flexibility index (Phi) is 5.12. The van der Waals surface area contributed by atoms with Crippen molar-refractivity contribution in [3.05, 3.63) is 71.7 Å². The minimum atomic E-state index is -0.644. The van der Waals surface area contributed by atoms with Crippen molar-refractivity contribution in [3.63, 3.8) is 0 Å². The number of ether oxygens (including phenoxy) is 2. The molecule has 0 saturated carbocycles. The summed E-state index contributed by atoms with van der Waals surface area (Å²) in [6.45, 7) is 1.89.